The van der Waals surface area contributed by atoms with Gasteiger partial charge in [0.1, 0.15) is 0 Å². The second-order valence-corrected chi connectivity index (χ2v) is 8.42. The Labute approximate surface area is 187 Å². The fraction of sp³-hybridized carbons (Fsp3) is 0.0667. The summed E-state index contributed by atoms with van der Waals surface area (Å²) >= 11 is 0. The van der Waals surface area contributed by atoms with Crippen LogP contribution in [0.15, 0.2) is 97.2 Å². The first kappa shape index (κ1) is 18.7. The molecule has 2 heterocycles. The Kier molecular flexibility index (Phi) is 4.26. The lowest BCUT2D eigenvalue weighted by molar-refractivity contribution is 1.12. The van der Waals surface area contributed by atoms with Gasteiger partial charge in [-0.1, -0.05) is 66.7 Å². The molecular weight excluding hydrogens is 388 g/mol. The molecule has 0 aliphatic carbocycles. The average molecular weight is 411 g/mol. The van der Waals surface area contributed by atoms with E-state index in [2.05, 4.69) is 96.0 Å². The molecule has 32 heavy (non-hydrogen) atoms. The van der Waals surface area contributed by atoms with E-state index in [1.165, 1.54) is 43.4 Å². The maximum atomic E-state index is 4.80. The number of nitrogens with zero attached hydrogens (tertiary/aromatic N) is 2. The molecule has 0 atom stereocenters. The molecule has 6 rings (SSSR count). The van der Waals surface area contributed by atoms with Crippen molar-refractivity contribution in [2.45, 2.75) is 13.8 Å². The van der Waals surface area contributed by atoms with Gasteiger partial charge in [0, 0.05) is 28.5 Å². The van der Waals surface area contributed by atoms with E-state index in [1.54, 1.807) is 0 Å². The molecule has 2 heteroatoms. The van der Waals surface area contributed by atoms with E-state index in [4.69, 9.17) is 4.98 Å². The summed E-state index contributed by atoms with van der Waals surface area (Å²) in [6.07, 6.45) is 1.93. The van der Waals surface area contributed by atoms with Gasteiger partial charge in [0.05, 0.1) is 5.69 Å². The lowest BCUT2D eigenvalue weighted by atomic mass is 9.94. The molecule has 4 aromatic carbocycles. The van der Waals surface area contributed by atoms with E-state index in [0.29, 0.717) is 0 Å². The highest BCUT2D eigenvalue weighted by Crippen LogP contribution is 2.35. The molecule has 0 amide bonds. The minimum atomic E-state index is 1.02. The quantitative estimate of drug-likeness (QED) is 0.271. The molecule has 0 radical (unpaired) electrons. The van der Waals surface area contributed by atoms with Gasteiger partial charge >= 0.3 is 0 Å². The monoisotopic (exact) mass is 410 g/mol. The Balaban J connectivity index is 1.57. The summed E-state index contributed by atoms with van der Waals surface area (Å²) in [5.41, 5.74) is 6.58. The summed E-state index contributed by atoms with van der Waals surface area (Å²) in [4.78, 5) is 9.32. The summed E-state index contributed by atoms with van der Waals surface area (Å²) in [7, 11) is 0. The van der Waals surface area contributed by atoms with Gasteiger partial charge in [-0.25, -0.2) is 0 Å². The molecule has 0 aliphatic heterocycles. The number of aromatic nitrogens is 2. The average Bonchev–Trinajstić information content (AvgIpc) is 2.82. The van der Waals surface area contributed by atoms with E-state index in [0.717, 1.165) is 22.6 Å². The van der Waals surface area contributed by atoms with Crippen molar-refractivity contribution in [2.75, 3.05) is 0 Å². The molecular formula is C30H22N2. The predicted octanol–water partition coefficient (Wildman–Crippen LogP) is 7.89. The molecule has 2 aromatic heterocycles. The second kappa shape index (κ2) is 7.28. The first-order chi connectivity index (χ1) is 15.7. The zero-order valence-corrected chi connectivity index (χ0v) is 18.1. The minimum absolute atomic E-state index is 1.02. The van der Waals surface area contributed by atoms with Gasteiger partial charge in [-0.05, 0) is 76.2 Å². The van der Waals surface area contributed by atoms with Gasteiger partial charge in [0.25, 0.3) is 0 Å². The number of pyridine rings is 2. The number of aryl methyl sites for hydroxylation is 2. The highest BCUT2D eigenvalue weighted by atomic mass is 14.7. The zero-order chi connectivity index (χ0) is 21.7. The fourth-order valence-electron chi connectivity index (χ4n) is 4.83. The van der Waals surface area contributed by atoms with E-state index in [1.807, 2.05) is 20.0 Å². The SMILES string of the molecule is Cc1cc(-c2cccc(-c3nccc4c3ccc3c5ccccc5ccc43)c2)cc(C)n1. The number of hydrogen-bond acceptors (Lipinski definition) is 2. The van der Waals surface area contributed by atoms with Crippen molar-refractivity contribution in [3.63, 3.8) is 0 Å². The third kappa shape index (κ3) is 3.04. The Hall–Kier alpha value is -4.04. The third-order valence-electron chi connectivity index (χ3n) is 6.22. The van der Waals surface area contributed by atoms with Crippen LogP contribution in [0.3, 0.4) is 0 Å². The van der Waals surface area contributed by atoms with Gasteiger partial charge in [-0.3, -0.25) is 9.97 Å². The van der Waals surface area contributed by atoms with Crippen LogP contribution in [-0.2, 0) is 0 Å². The first-order valence-electron chi connectivity index (χ1n) is 10.9. The van der Waals surface area contributed by atoms with Crippen LogP contribution < -0.4 is 0 Å². The van der Waals surface area contributed by atoms with Crippen LogP contribution in [0, 0.1) is 13.8 Å². The Morgan fingerprint density at radius 2 is 1.19 bits per heavy atom. The normalized spacial score (nSPS) is 11.4. The van der Waals surface area contributed by atoms with Crippen LogP contribution in [-0.4, -0.2) is 9.97 Å². The highest BCUT2D eigenvalue weighted by Gasteiger charge is 2.11. The molecule has 152 valence electrons. The molecule has 0 N–H and O–H groups in total. The van der Waals surface area contributed by atoms with E-state index in [-0.39, 0.29) is 0 Å². The second-order valence-electron chi connectivity index (χ2n) is 8.42. The van der Waals surface area contributed by atoms with Crippen molar-refractivity contribution in [3.8, 4) is 22.4 Å². The van der Waals surface area contributed by atoms with Crippen molar-refractivity contribution in [1.29, 1.82) is 0 Å². The number of hydrogen-bond donors (Lipinski definition) is 0. The largest absolute Gasteiger partial charge is 0.258 e. The van der Waals surface area contributed by atoms with Crippen molar-refractivity contribution in [3.05, 3.63) is 109 Å². The molecule has 0 saturated heterocycles. The van der Waals surface area contributed by atoms with Gasteiger partial charge in [-0.15, -0.1) is 0 Å². The summed E-state index contributed by atoms with van der Waals surface area (Å²) in [6.45, 7) is 4.09. The van der Waals surface area contributed by atoms with Crippen LogP contribution in [0.1, 0.15) is 11.4 Å². The molecule has 0 aliphatic rings. The highest BCUT2D eigenvalue weighted by molar-refractivity contribution is 6.18. The van der Waals surface area contributed by atoms with E-state index in [9.17, 15) is 0 Å². The smallest absolute Gasteiger partial charge is 0.0780 e. The summed E-state index contributed by atoms with van der Waals surface area (Å²) in [5, 5.41) is 7.51. The first-order valence-corrected chi connectivity index (χ1v) is 10.9. The third-order valence-corrected chi connectivity index (χ3v) is 6.22. The maximum Gasteiger partial charge on any atom is 0.0780 e. The van der Waals surface area contributed by atoms with E-state index >= 15 is 0 Å². The molecule has 0 saturated carbocycles. The van der Waals surface area contributed by atoms with Gasteiger partial charge in [0.15, 0.2) is 0 Å². The van der Waals surface area contributed by atoms with Crippen molar-refractivity contribution >= 4 is 32.3 Å². The van der Waals surface area contributed by atoms with Crippen LogP contribution in [0.2, 0.25) is 0 Å². The Bertz CT molecular complexity index is 1630. The van der Waals surface area contributed by atoms with Gasteiger partial charge in [0.2, 0.25) is 0 Å². The lowest BCUT2D eigenvalue weighted by Crippen LogP contribution is -1.90. The molecule has 6 aromatic rings. The van der Waals surface area contributed by atoms with Crippen molar-refractivity contribution < 1.29 is 0 Å². The molecule has 0 fully saturated rings. The van der Waals surface area contributed by atoms with Crippen LogP contribution >= 0.6 is 0 Å². The van der Waals surface area contributed by atoms with Crippen molar-refractivity contribution in [2.24, 2.45) is 0 Å². The predicted molar refractivity (Wildman–Crippen MR) is 135 cm³/mol. The van der Waals surface area contributed by atoms with Crippen LogP contribution in [0.25, 0.3) is 54.7 Å². The van der Waals surface area contributed by atoms with Crippen LogP contribution in [0.5, 0.6) is 0 Å². The summed E-state index contributed by atoms with van der Waals surface area (Å²) in [5.74, 6) is 0. The number of rotatable bonds is 2. The van der Waals surface area contributed by atoms with Crippen molar-refractivity contribution in [1.82, 2.24) is 9.97 Å². The number of fused-ring (bicyclic) bond motifs is 5. The van der Waals surface area contributed by atoms with Crippen LogP contribution in [0.4, 0.5) is 0 Å². The maximum absolute atomic E-state index is 4.80. The minimum Gasteiger partial charge on any atom is -0.258 e. The van der Waals surface area contributed by atoms with E-state index < -0.39 is 0 Å². The fourth-order valence-corrected chi connectivity index (χ4v) is 4.83. The summed E-state index contributed by atoms with van der Waals surface area (Å²) < 4.78 is 0. The van der Waals surface area contributed by atoms with Gasteiger partial charge in [-0.2, -0.15) is 0 Å². The zero-order valence-electron chi connectivity index (χ0n) is 18.1. The topological polar surface area (TPSA) is 25.8 Å². The lowest BCUT2D eigenvalue weighted by Gasteiger charge is -2.12. The molecule has 0 unspecified atom stereocenters. The molecule has 0 bridgehead atoms. The number of benzene rings is 4. The van der Waals surface area contributed by atoms with Gasteiger partial charge < -0.3 is 0 Å². The molecule has 0 spiro atoms. The Morgan fingerprint density at radius 3 is 2.06 bits per heavy atom. The molecule has 2 nitrogen and oxygen atoms in total. The Morgan fingerprint density at radius 1 is 0.500 bits per heavy atom. The summed E-state index contributed by atoms with van der Waals surface area (Å²) in [6, 6.07) is 32.6. The standard InChI is InChI=1S/C30H22N2/c1-19-16-24(17-20(2)32-19)22-7-5-8-23(18-22)30-29-13-12-26-25-9-4-3-6-21(25)10-11-27(26)28(29)14-15-31-30/h3-18H,1-2H3.